The summed E-state index contributed by atoms with van der Waals surface area (Å²) in [6, 6.07) is 17.8. The van der Waals surface area contributed by atoms with Crippen molar-refractivity contribution in [3.8, 4) is 0 Å². The van der Waals surface area contributed by atoms with Gasteiger partial charge in [0.25, 0.3) is 5.91 Å². The highest BCUT2D eigenvalue weighted by Gasteiger charge is 2.49. The molecule has 2 aromatic carbocycles. The molecule has 2 N–H and O–H groups in total. The van der Waals surface area contributed by atoms with E-state index in [0.29, 0.717) is 17.9 Å². The van der Waals surface area contributed by atoms with Gasteiger partial charge < -0.3 is 10.6 Å². The third-order valence-corrected chi connectivity index (χ3v) is 5.63. The molecule has 1 atom stereocenters. The van der Waals surface area contributed by atoms with Crippen LogP contribution in [0.25, 0.3) is 0 Å². The number of halogens is 1. The summed E-state index contributed by atoms with van der Waals surface area (Å²) in [7, 11) is 0. The van der Waals surface area contributed by atoms with E-state index in [1.807, 2.05) is 30.3 Å². The smallest absolute Gasteiger partial charge is 0.319 e. The minimum atomic E-state index is -1.21. The number of carbonyl (C=O) groups excluding carboxylic acids is 3. The molecule has 2 heterocycles. The summed E-state index contributed by atoms with van der Waals surface area (Å²) >= 11 is 3.44. The Labute approximate surface area is 187 Å². The minimum absolute atomic E-state index is 0.394. The molecule has 1 saturated heterocycles. The first-order valence-electron chi connectivity index (χ1n) is 9.62. The number of anilines is 1. The number of rotatable bonds is 6. The topological polar surface area (TPSA) is 96.3 Å². The summed E-state index contributed by atoms with van der Waals surface area (Å²) in [6.07, 6.45) is 1.58. The van der Waals surface area contributed by atoms with E-state index >= 15 is 0 Å². The van der Waals surface area contributed by atoms with Gasteiger partial charge in [-0.15, -0.1) is 0 Å². The molecule has 4 amide bonds. The lowest BCUT2D eigenvalue weighted by atomic mass is 9.92. The Kier molecular flexibility index (Phi) is 5.60. The van der Waals surface area contributed by atoms with Crippen LogP contribution in [0.2, 0.25) is 0 Å². The molecule has 9 heteroatoms. The molecule has 0 bridgehead atoms. The van der Waals surface area contributed by atoms with Crippen LogP contribution in [-0.2, 0) is 21.7 Å². The number of carbonyl (C=O) groups is 3. The molecule has 158 valence electrons. The Balaban J connectivity index is 1.45. The van der Waals surface area contributed by atoms with Gasteiger partial charge in [0.1, 0.15) is 17.9 Å². The van der Waals surface area contributed by atoms with E-state index in [2.05, 4.69) is 31.7 Å². The highest BCUT2D eigenvalue weighted by Crippen LogP contribution is 2.28. The van der Waals surface area contributed by atoms with E-state index in [4.69, 9.17) is 0 Å². The average molecular weight is 482 g/mol. The van der Waals surface area contributed by atoms with E-state index in [-0.39, 0.29) is 0 Å². The second-order valence-corrected chi connectivity index (χ2v) is 8.28. The van der Waals surface area contributed by atoms with Crippen LogP contribution in [0.1, 0.15) is 18.1 Å². The van der Waals surface area contributed by atoms with Crippen molar-refractivity contribution in [2.75, 3.05) is 11.9 Å². The van der Waals surface area contributed by atoms with Crippen molar-refractivity contribution in [3.63, 3.8) is 0 Å². The maximum absolute atomic E-state index is 13.0. The van der Waals surface area contributed by atoms with Gasteiger partial charge in [0, 0.05) is 10.5 Å². The van der Waals surface area contributed by atoms with Crippen LogP contribution in [0.5, 0.6) is 0 Å². The van der Waals surface area contributed by atoms with Gasteiger partial charge in [-0.2, -0.15) is 5.10 Å². The van der Waals surface area contributed by atoms with Crippen molar-refractivity contribution in [3.05, 3.63) is 82.5 Å². The fraction of sp³-hybridized carbons (Fsp3) is 0.182. The van der Waals surface area contributed by atoms with Crippen LogP contribution in [0.4, 0.5) is 10.6 Å². The molecular weight excluding hydrogens is 462 g/mol. The van der Waals surface area contributed by atoms with E-state index in [0.717, 1.165) is 14.9 Å². The molecule has 31 heavy (non-hydrogen) atoms. The first-order chi connectivity index (χ1) is 14.9. The number of nitrogens with zero attached hydrogens (tertiary/aromatic N) is 3. The third kappa shape index (κ3) is 4.22. The molecule has 0 saturated carbocycles. The zero-order chi connectivity index (χ0) is 22.0. The molecular formula is C22H20BrN5O3. The van der Waals surface area contributed by atoms with E-state index < -0.39 is 29.9 Å². The first kappa shape index (κ1) is 20.8. The Hall–Kier alpha value is -3.46. The predicted molar refractivity (Wildman–Crippen MR) is 118 cm³/mol. The molecule has 8 nitrogen and oxygen atoms in total. The second kappa shape index (κ2) is 8.35. The van der Waals surface area contributed by atoms with Crippen molar-refractivity contribution in [1.82, 2.24) is 20.0 Å². The Morgan fingerprint density at radius 1 is 1.13 bits per heavy atom. The van der Waals surface area contributed by atoms with Crippen molar-refractivity contribution in [2.24, 2.45) is 0 Å². The van der Waals surface area contributed by atoms with E-state index in [1.54, 1.807) is 48.1 Å². The number of hydrogen-bond acceptors (Lipinski definition) is 4. The zero-order valence-electron chi connectivity index (χ0n) is 16.7. The number of urea groups is 1. The molecule has 1 unspecified atom stereocenters. The predicted octanol–water partition coefficient (Wildman–Crippen LogP) is 3.10. The number of benzene rings is 2. The summed E-state index contributed by atoms with van der Waals surface area (Å²) in [6.45, 7) is 1.69. The van der Waals surface area contributed by atoms with Gasteiger partial charge in [0.2, 0.25) is 5.91 Å². The molecule has 4 rings (SSSR count). The number of imide groups is 1. The van der Waals surface area contributed by atoms with Crippen LogP contribution < -0.4 is 10.6 Å². The van der Waals surface area contributed by atoms with Gasteiger partial charge in [0.15, 0.2) is 0 Å². The van der Waals surface area contributed by atoms with Crippen molar-refractivity contribution >= 4 is 39.6 Å². The van der Waals surface area contributed by atoms with Crippen molar-refractivity contribution in [2.45, 2.75) is 19.0 Å². The van der Waals surface area contributed by atoms with E-state index in [1.165, 1.54) is 0 Å². The van der Waals surface area contributed by atoms with Crippen LogP contribution >= 0.6 is 15.9 Å². The van der Waals surface area contributed by atoms with Crippen molar-refractivity contribution < 1.29 is 14.4 Å². The first-order valence-corrected chi connectivity index (χ1v) is 10.4. The van der Waals surface area contributed by atoms with E-state index in [9.17, 15) is 14.4 Å². The highest BCUT2D eigenvalue weighted by molar-refractivity contribution is 9.10. The lowest BCUT2D eigenvalue weighted by Crippen LogP contribution is -2.42. The number of hydrogen-bond donors (Lipinski definition) is 2. The maximum Gasteiger partial charge on any atom is 0.325 e. The SMILES string of the molecule is CC1(c2ccccc2)NC(=O)N(CC(=O)Nc2ccnn2Cc2cccc(Br)c2)C1=O. The monoisotopic (exact) mass is 481 g/mol. The molecule has 0 spiro atoms. The summed E-state index contributed by atoms with van der Waals surface area (Å²) in [5.74, 6) is -0.485. The van der Waals surface area contributed by atoms with Crippen LogP contribution in [0, 0.1) is 0 Å². The average Bonchev–Trinajstić information content (AvgIpc) is 3.26. The molecule has 1 fully saturated rings. The molecule has 1 aliphatic rings. The van der Waals surface area contributed by atoms with Crippen LogP contribution in [-0.4, -0.2) is 39.1 Å². The lowest BCUT2D eigenvalue weighted by molar-refractivity contribution is -0.133. The summed E-state index contributed by atoms with van der Waals surface area (Å²) in [5, 5.41) is 9.68. The van der Waals surface area contributed by atoms with Gasteiger partial charge in [0.05, 0.1) is 12.7 Å². The fourth-order valence-electron chi connectivity index (χ4n) is 3.51. The van der Waals surface area contributed by atoms with Crippen LogP contribution in [0.3, 0.4) is 0 Å². The fourth-order valence-corrected chi connectivity index (χ4v) is 3.95. The Morgan fingerprint density at radius 2 is 1.90 bits per heavy atom. The highest BCUT2D eigenvalue weighted by atomic mass is 79.9. The van der Waals surface area contributed by atoms with Crippen molar-refractivity contribution in [1.29, 1.82) is 0 Å². The summed E-state index contributed by atoms with van der Waals surface area (Å²) in [5.41, 5.74) is 0.450. The molecule has 0 radical (unpaired) electrons. The summed E-state index contributed by atoms with van der Waals surface area (Å²) in [4.78, 5) is 39.0. The second-order valence-electron chi connectivity index (χ2n) is 7.36. The Bertz CT molecular complexity index is 1150. The minimum Gasteiger partial charge on any atom is -0.319 e. The number of amides is 4. The van der Waals surface area contributed by atoms with Gasteiger partial charge in [-0.3, -0.25) is 14.5 Å². The summed E-state index contributed by atoms with van der Waals surface area (Å²) < 4.78 is 2.59. The quantitative estimate of drug-likeness (QED) is 0.528. The lowest BCUT2D eigenvalue weighted by Gasteiger charge is -2.22. The largest absolute Gasteiger partial charge is 0.325 e. The van der Waals surface area contributed by atoms with Gasteiger partial charge in [-0.25, -0.2) is 9.48 Å². The number of nitrogens with one attached hydrogen (secondary N) is 2. The molecule has 0 aliphatic carbocycles. The van der Waals surface area contributed by atoms with Crippen LogP contribution in [0.15, 0.2) is 71.3 Å². The van der Waals surface area contributed by atoms with Gasteiger partial charge >= 0.3 is 6.03 Å². The third-order valence-electron chi connectivity index (χ3n) is 5.13. The van der Waals surface area contributed by atoms with Gasteiger partial charge in [-0.1, -0.05) is 58.4 Å². The normalized spacial score (nSPS) is 18.2. The number of aromatic nitrogens is 2. The molecule has 1 aliphatic heterocycles. The molecule has 1 aromatic heterocycles. The molecule has 3 aromatic rings. The van der Waals surface area contributed by atoms with Gasteiger partial charge in [-0.05, 0) is 30.2 Å². The zero-order valence-corrected chi connectivity index (χ0v) is 18.3. The maximum atomic E-state index is 13.0. The standard InChI is InChI=1S/C22H20BrN5O3/c1-22(16-7-3-2-4-8-16)20(30)27(21(31)26-22)14-19(29)25-18-10-11-24-28(18)13-15-6-5-9-17(23)12-15/h2-12H,13-14H2,1H3,(H,25,29)(H,26,31). The Morgan fingerprint density at radius 3 is 2.65 bits per heavy atom.